The topological polar surface area (TPSA) is 101 Å². The summed E-state index contributed by atoms with van der Waals surface area (Å²) in [6, 6.07) is 5.51. The summed E-state index contributed by atoms with van der Waals surface area (Å²) in [5.41, 5.74) is 0.474. The van der Waals surface area contributed by atoms with Crippen LogP contribution in [0.25, 0.3) is 0 Å². The van der Waals surface area contributed by atoms with E-state index in [1.165, 1.54) is 18.2 Å². The van der Waals surface area contributed by atoms with E-state index in [1.807, 2.05) is 6.92 Å². The van der Waals surface area contributed by atoms with Crippen LogP contribution in [0.1, 0.15) is 29.4 Å². The molecule has 21 heavy (non-hydrogen) atoms. The molecular weight excluding hydrogens is 296 g/mol. The molecule has 7 nitrogen and oxygen atoms in total. The van der Waals surface area contributed by atoms with E-state index in [9.17, 15) is 14.9 Å². The Morgan fingerprint density at radius 1 is 1.48 bits per heavy atom. The van der Waals surface area contributed by atoms with Gasteiger partial charge in [-0.1, -0.05) is 24.9 Å². The summed E-state index contributed by atoms with van der Waals surface area (Å²) < 4.78 is 0. The first kappa shape index (κ1) is 15.0. The molecule has 0 spiro atoms. The number of carbonyl (C=O) groups is 1. The maximum atomic E-state index is 12.1. The first-order valence-corrected chi connectivity index (χ1v) is 6.68. The predicted molar refractivity (Wildman–Crippen MR) is 78.6 cm³/mol. The van der Waals surface area contributed by atoms with Crippen LogP contribution in [0.15, 0.2) is 24.3 Å². The molecule has 1 aromatic heterocycles. The Hall–Kier alpha value is -2.41. The standard InChI is InChI=1S/C13H13ClN4O3/c1-2-3-9-7-12(17-16-9)15-13(19)10-6-8(14)4-5-11(10)18(20)21/h4-7H,2-3H2,1H3,(H2,15,16,17,19). The number of halogens is 1. The number of nitro groups is 1. The van der Waals surface area contributed by atoms with Crippen molar-refractivity contribution in [2.45, 2.75) is 19.8 Å². The molecule has 8 heteroatoms. The molecular formula is C13H13ClN4O3. The van der Waals surface area contributed by atoms with E-state index in [0.29, 0.717) is 5.82 Å². The van der Waals surface area contributed by atoms with Crippen molar-refractivity contribution in [1.82, 2.24) is 10.2 Å². The molecule has 0 bridgehead atoms. The van der Waals surface area contributed by atoms with Crippen LogP contribution in [0.3, 0.4) is 0 Å². The van der Waals surface area contributed by atoms with Gasteiger partial charge in [0.1, 0.15) is 5.56 Å². The monoisotopic (exact) mass is 308 g/mol. The number of H-pyrrole nitrogens is 1. The van der Waals surface area contributed by atoms with Crippen molar-refractivity contribution in [1.29, 1.82) is 0 Å². The molecule has 0 saturated carbocycles. The summed E-state index contributed by atoms with van der Waals surface area (Å²) in [6.45, 7) is 2.02. The zero-order valence-corrected chi connectivity index (χ0v) is 12.0. The fraction of sp³-hybridized carbons (Fsp3) is 0.231. The largest absolute Gasteiger partial charge is 0.305 e. The lowest BCUT2D eigenvalue weighted by Gasteiger charge is -2.03. The van der Waals surface area contributed by atoms with Crippen LogP contribution in [0, 0.1) is 10.1 Å². The van der Waals surface area contributed by atoms with Gasteiger partial charge in [-0.25, -0.2) is 0 Å². The van der Waals surface area contributed by atoms with Gasteiger partial charge in [-0.2, -0.15) is 5.10 Å². The fourth-order valence-corrected chi connectivity index (χ4v) is 2.03. The Morgan fingerprint density at radius 3 is 2.90 bits per heavy atom. The van der Waals surface area contributed by atoms with Crippen molar-refractivity contribution in [2.75, 3.05) is 5.32 Å². The summed E-state index contributed by atoms with van der Waals surface area (Å²) in [6.07, 6.45) is 1.75. The molecule has 1 aromatic carbocycles. The van der Waals surface area contributed by atoms with Gasteiger partial charge >= 0.3 is 0 Å². The molecule has 0 aliphatic heterocycles. The van der Waals surface area contributed by atoms with Crippen molar-refractivity contribution < 1.29 is 9.72 Å². The predicted octanol–water partition coefficient (Wildman–Crippen LogP) is 3.18. The molecule has 1 heterocycles. The van der Waals surface area contributed by atoms with E-state index in [1.54, 1.807) is 6.07 Å². The minimum atomic E-state index is -0.627. The lowest BCUT2D eigenvalue weighted by Crippen LogP contribution is -2.14. The number of aromatic amines is 1. The van der Waals surface area contributed by atoms with Gasteiger partial charge in [0.2, 0.25) is 0 Å². The van der Waals surface area contributed by atoms with Crippen molar-refractivity contribution in [3.63, 3.8) is 0 Å². The average molecular weight is 309 g/mol. The second kappa shape index (κ2) is 6.36. The maximum absolute atomic E-state index is 12.1. The smallest absolute Gasteiger partial charge is 0.282 e. The highest BCUT2D eigenvalue weighted by Crippen LogP contribution is 2.23. The number of aromatic nitrogens is 2. The molecule has 0 unspecified atom stereocenters. The minimum Gasteiger partial charge on any atom is -0.305 e. The van der Waals surface area contributed by atoms with E-state index in [2.05, 4.69) is 15.5 Å². The van der Waals surface area contributed by atoms with Gasteiger partial charge < -0.3 is 5.32 Å². The number of rotatable bonds is 5. The number of hydrogen-bond donors (Lipinski definition) is 2. The Balaban J connectivity index is 2.23. The Kier molecular flexibility index (Phi) is 4.54. The summed E-state index contributed by atoms with van der Waals surface area (Å²) in [5.74, 6) is -0.309. The fourth-order valence-electron chi connectivity index (χ4n) is 1.86. The molecule has 2 N–H and O–H groups in total. The van der Waals surface area contributed by atoms with Gasteiger partial charge in [0.15, 0.2) is 5.82 Å². The van der Waals surface area contributed by atoms with E-state index >= 15 is 0 Å². The zero-order chi connectivity index (χ0) is 15.4. The molecule has 0 saturated heterocycles. The Labute approximate surface area is 125 Å². The van der Waals surface area contributed by atoms with Crippen LogP contribution >= 0.6 is 11.6 Å². The highest BCUT2D eigenvalue weighted by Gasteiger charge is 2.21. The first-order chi connectivity index (χ1) is 10.0. The van der Waals surface area contributed by atoms with Crippen molar-refractivity contribution >= 4 is 29.0 Å². The van der Waals surface area contributed by atoms with Gasteiger partial charge in [-0.05, 0) is 18.6 Å². The lowest BCUT2D eigenvalue weighted by molar-refractivity contribution is -0.385. The highest BCUT2D eigenvalue weighted by atomic mass is 35.5. The average Bonchev–Trinajstić information content (AvgIpc) is 2.86. The van der Waals surface area contributed by atoms with Gasteiger partial charge in [0, 0.05) is 22.8 Å². The summed E-state index contributed by atoms with van der Waals surface area (Å²) in [4.78, 5) is 22.4. The molecule has 0 aliphatic carbocycles. The van der Waals surface area contributed by atoms with E-state index in [-0.39, 0.29) is 16.3 Å². The second-order valence-corrected chi connectivity index (χ2v) is 4.84. The third-order valence-corrected chi connectivity index (χ3v) is 3.03. The molecule has 0 radical (unpaired) electrons. The SMILES string of the molecule is CCCc1cc(NC(=O)c2cc(Cl)ccc2[N+](=O)[O-])n[nH]1. The van der Waals surface area contributed by atoms with E-state index in [4.69, 9.17) is 11.6 Å². The van der Waals surface area contributed by atoms with Crippen molar-refractivity contribution in [2.24, 2.45) is 0 Å². The number of carbonyl (C=O) groups excluding carboxylic acids is 1. The summed E-state index contributed by atoms with van der Waals surface area (Å²) in [5, 5.41) is 20.4. The zero-order valence-electron chi connectivity index (χ0n) is 11.2. The quantitative estimate of drug-likeness (QED) is 0.654. The van der Waals surface area contributed by atoms with Gasteiger partial charge in [0.05, 0.1) is 4.92 Å². The summed E-state index contributed by atoms with van der Waals surface area (Å²) in [7, 11) is 0. The molecule has 0 fully saturated rings. The molecule has 110 valence electrons. The number of nitrogens with one attached hydrogen (secondary N) is 2. The third kappa shape index (κ3) is 3.57. The number of anilines is 1. The Morgan fingerprint density at radius 2 is 2.24 bits per heavy atom. The van der Waals surface area contributed by atoms with Crippen LogP contribution in [0.5, 0.6) is 0 Å². The summed E-state index contributed by atoms with van der Waals surface area (Å²) >= 11 is 5.79. The van der Waals surface area contributed by atoms with Gasteiger partial charge in [0.25, 0.3) is 11.6 Å². The lowest BCUT2D eigenvalue weighted by atomic mass is 10.1. The van der Waals surface area contributed by atoms with Crippen LogP contribution in [0.2, 0.25) is 5.02 Å². The van der Waals surface area contributed by atoms with Crippen LogP contribution in [0.4, 0.5) is 11.5 Å². The van der Waals surface area contributed by atoms with Crippen molar-refractivity contribution in [3.8, 4) is 0 Å². The number of hydrogen-bond acceptors (Lipinski definition) is 4. The van der Waals surface area contributed by atoms with Crippen molar-refractivity contribution in [3.05, 3.63) is 50.7 Å². The van der Waals surface area contributed by atoms with Crippen LogP contribution in [-0.4, -0.2) is 21.0 Å². The number of nitrogens with zero attached hydrogens (tertiary/aromatic N) is 2. The third-order valence-electron chi connectivity index (χ3n) is 2.79. The van der Waals surface area contributed by atoms with Crippen LogP contribution in [-0.2, 0) is 6.42 Å². The normalized spacial score (nSPS) is 10.4. The van der Waals surface area contributed by atoms with Gasteiger partial charge in [-0.3, -0.25) is 20.0 Å². The number of benzene rings is 1. The number of aryl methyl sites for hydroxylation is 1. The minimum absolute atomic E-state index is 0.104. The number of nitro benzene ring substituents is 1. The first-order valence-electron chi connectivity index (χ1n) is 6.31. The molecule has 1 amide bonds. The maximum Gasteiger partial charge on any atom is 0.282 e. The number of amides is 1. The molecule has 2 aromatic rings. The van der Waals surface area contributed by atoms with Gasteiger partial charge in [-0.15, -0.1) is 0 Å². The molecule has 2 rings (SSSR count). The molecule has 0 aliphatic rings. The highest BCUT2D eigenvalue weighted by molar-refractivity contribution is 6.31. The molecule has 0 atom stereocenters. The van der Waals surface area contributed by atoms with E-state index in [0.717, 1.165) is 18.5 Å². The van der Waals surface area contributed by atoms with Crippen LogP contribution < -0.4 is 5.32 Å². The van der Waals surface area contributed by atoms with E-state index < -0.39 is 10.8 Å². The second-order valence-electron chi connectivity index (χ2n) is 4.40. The Bertz CT molecular complexity index is 684.